The first-order valence-corrected chi connectivity index (χ1v) is 9.52. The summed E-state index contributed by atoms with van der Waals surface area (Å²) in [6.45, 7) is 4.05. The topological polar surface area (TPSA) is 67.2 Å². The largest absolute Gasteiger partial charge is 0.329 e. The van der Waals surface area contributed by atoms with Crippen molar-refractivity contribution < 1.29 is 9.59 Å². The quantitative estimate of drug-likeness (QED) is 0.520. The lowest BCUT2D eigenvalue weighted by Gasteiger charge is -2.12. The van der Waals surface area contributed by atoms with Crippen LogP contribution >= 0.6 is 11.6 Å². The van der Waals surface area contributed by atoms with Gasteiger partial charge in [-0.1, -0.05) is 35.9 Å². The van der Waals surface area contributed by atoms with Crippen molar-refractivity contribution in [2.45, 2.75) is 20.4 Å². The Bertz CT molecular complexity index is 1130. The molecule has 0 spiro atoms. The maximum atomic E-state index is 12.8. The Labute approximate surface area is 173 Å². The van der Waals surface area contributed by atoms with E-state index < -0.39 is 6.03 Å². The lowest BCUT2D eigenvalue weighted by atomic mass is 10.2. The molecule has 3 aromatic rings. The van der Waals surface area contributed by atoms with Crippen molar-refractivity contribution in [2.24, 2.45) is 0 Å². The fourth-order valence-corrected chi connectivity index (χ4v) is 3.64. The number of carbonyl (C=O) groups excluding carboxylic acids is 2. The number of nitrogens with zero attached hydrogens (tertiary/aromatic N) is 3. The molecule has 0 unspecified atom stereocenters. The first-order chi connectivity index (χ1) is 14.0. The monoisotopic (exact) mass is 406 g/mol. The number of aryl methyl sites for hydroxylation is 1. The molecule has 0 radical (unpaired) electrons. The predicted octanol–water partition coefficient (Wildman–Crippen LogP) is 4.24. The van der Waals surface area contributed by atoms with Crippen LogP contribution in [0.15, 0.2) is 60.4 Å². The van der Waals surface area contributed by atoms with E-state index in [4.69, 9.17) is 11.6 Å². The fraction of sp³-hybridized carbons (Fsp3) is 0.136. The highest BCUT2D eigenvalue weighted by atomic mass is 35.5. The van der Waals surface area contributed by atoms with Crippen LogP contribution in [0, 0.1) is 13.8 Å². The Balaban J connectivity index is 1.64. The van der Waals surface area contributed by atoms with E-state index in [1.165, 1.54) is 0 Å². The number of halogens is 1. The second kappa shape index (κ2) is 7.56. The molecule has 3 heterocycles. The summed E-state index contributed by atoms with van der Waals surface area (Å²) in [5.74, 6) is 0.423. The molecule has 0 atom stereocenters. The van der Waals surface area contributed by atoms with E-state index >= 15 is 0 Å². The average Bonchev–Trinajstić information content (AvgIpc) is 3.13. The van der Waals surface area contributed by atoms with Crippen LogP contribution in [-0.2, 0) is 11.3 Å². The normalized spacial score (nSPS) is 15.3. The zero-order valence-electron chi connectivity index (χ0n) is 16.0. The number of aromatic nitrogens is 2. The second-order valence-corrected chi connectivity index (χ2v) is 7.23. The van der Waals surface area contributed by atoms with Crippen LogP contribution in [0.5, 0.6) is 0 Å². The number of hydrogen-bond donors (Lipinski definition) is 1. The smallest absolute Gasteiger partial charge is 0.303 e. The molecular formula is C22H19ClN4O2. The summed E-state index contributed by atoms with van der Waals surface area (Å²) < 4.78 is 2.01. The average molecular weight is 407 g/mol. The third-order valence-corrected chi connectivity index (χ3v) is 5.27. The standard InChI is InChI=1S/C22H19ClN4O2/c1-14-11-17(15(2)27(14)20-9-5-6-10-24-20)12-19-21(28)26(22(29)25-19)13-16-7-3-4-8-18(16)23/h3-12H,13H2,1-2H3,(H,25,29)/b19-12-. The molecule has 2 aromatic heterocycles. The summed E-state index contributed by atoms with van der Waals surface area (Å²) in [5, 5.41) is 3.19. The molecule has 3 amide bonds. The van der Waals surface area contributed by atoms with Crippen molar-refractivity contribution in [3.05, 3.63) is 88.0 Å². The summed E-state index contributed by atoms with van der Waals surface area (Å²) in [6.07, 6.45) is 3.44. The van der Waals surface area contributed by atoms with Gasteiger partial charge in [-0.25, -0.2) is 9.78 Å². The lowest BCUT2D eigenvalue weighted by molar-refractivity contribution is -0.123. The van der Waals surface area contributed by atoms with Gasteiger partial charge in [0.2, 0.25) is 0 Å². The molecule has 1 aliphatic heterocycles. The number of benzene rings is 1. The van der Waals surface area contributed by atoms with Crippen LogP contribution in [0.25, 0.3) is 11.9 Å². The van der Waals surface area contributed by atoms with Gasteiger partial charge in [-0.2, -0.15) is 0 Å². The molecule has 146 valence electrons. The molecule has 1 N–H and O–H groups in total. The minimum atomic E-state index is -0.459. The third kappa shape index (κ3) is 3.54. The predicted molar refractivity (Wildman–Crippen MR) is 112 cm³/mol. The van der Waals surface area contributed by atoms with E-state index in [0.717, 1.165) is 27.7 Å². The van der Waals surface area contributed by atoms with Crippen molar-refractivity contribution in [1.29, 1.82) is 0 Å². The van der Waals surface area contributed by atoms with Gasteiger partial charge in [0.15, 0.2) is 0 Å². The van der Waals surface area contributed by atoms with Crippen LogP contribution < -0.4 is 5.32 Å². The Hall–Kier alpha value is -3.38. The molecule has 1 saturated heterocycles. The number of nitrogens with one attached hydrogen (secondary N) is 1. The van der Waals surface area contributed by atoms with E-state index in [0.29, 0.717) is 10.6 Å². The first-order valence-electron chi connectivity index (χ1n) is 9.14. The molecular weight excluding hydrogens is 388 g/mol. The second-order valence-electron chi connectivity index (χ2n) is 6.82. The highest BCUT2D eigenvalue weighted by Crippen LogP contribution is 2.24. The van der Waals surface area contributed by atoms with E-state index in [9.17, 15) is 9.59 Å². The fourth-order valence-electron chi connectivity index (χ4n) is 3.44. The number of carbonyl (C=O) groups is 2. The maximum Gasteiger partial charge on any atom is 0.329 e. The van der Waals surface area contributed by atoms with E-state index in [1.807, 2.05) is 48.7 Å². The molecule has 0 saturated carbocycles. The minimum Gasteiger partial charge on any atom is -0.303 e. The summed E-state index contributed by atoms with van der Waals surface area (Å²) in [6, 6.07) is 14.4. The van der Waals surface area contributed by atoms with Crippen molar-refractivity contribution in [3.63, 3.8) is 0 Å². The van der Waals surface area contributed by atoms with Crippen molar-refractivity contribution in [3.8, 4) is 5.82 Å². The Kier molecular flexibility index (Phi) is 4.94. The van der Waals surface area contributed by atoms with Crippen LogP contribution in [0.3, 0.4) is 0 Å². The summed E-state index contributed by atoms with van der Waals surface area (Å²) in [7, 11) is 0. The number of pyridine rings is 1. The molecule has 1 fully saturated rings. The molecule has 29 heavy (non-hydrogen) atoms. The number of amides is 3. The highest BCUT2D eigenvalue weighted by molar-refractivity contribution is 6.31. The summed E-state index contributed by atoms with van der Waals surface area (Å²) in [5.41, 5.74) is 3.71. The molecule has 1 aliphatic rings. The molecule has 7 heteroatoms. The zero-order chi connectivity index (χ0) is 20.5. The summed E-state index contributed by atoms with van der Waals surface area (Å²) in [4.78, 5) is 30.7. The molecule has 4 rings (SSSR count). The number of rotatable bonds is 4. The minimum absolute atomic E-state index is 0.120. The van der Waals surface area contributed by atoms with Crippen molar-refractivity contribution >= 4 is 29.6 Å². The van der Waals surface area contributed by atoms with Gasteiger partial charge in [0.25, 0.3) is 5.91 Å². The van der Waals surface area contributed by atoms with Crippen LogP contribution in [0.1, 0.15) is 22.5 Å². The van der Waals surface area contributed by atoms with Crippen LogP contribution in [0.2, 0.25) is 5.02 Å². The molecule has 0 aliphatic carbocycles. The number of imide groups is 1. The Morgan fingerprint density at radius 1 is 1.10 bits per heavy atom. The molecule has 1 aromatic carbocycles. The summed E-state index contributed by atoms with van der Waals surface area (Å²) >= 11 is 6.17. The van der Waals surface area contributed by atoms with Crippen molar-refractivity contribution in [1.82, 2.24) is 19.8 Å². The zero-order valence-corrected chi connectivity index (χ0v) is 16.8. The first kappa shape index (κ1) is 19.0. The van der Waals surface area contributed by atoms with Gasteiger partial charge in [0.1, 0.15) is 11.5 Å². The van der Waals surface area contributed by atoms with Gasteiger partial charge in [-0.3, -0.25) is 9.69 Å². The number of urea groups is 1. The van der Waals surface area contributed by atoms with Crippen LogP contribution in [-0.4, -0.2) is 26.4 Å². The van der Waals surface area contributed by atoms with E-state index in [1.54, 1.807) is 30.5 Å². The van der Waals surface area contributed by atoms with Gasteiger partial charge in [-0.15, -0.1) is 0 Å². The van der Waals surface area contributed by atoms with Gasteiger partial charge in [-0.05, 0) is 55.3 Å². The third-order valence-electron chi connectivity index (χ3n) is 4.90. The SMILES string of the molecule is Cc1cc(/C=C2\NC(=O)N(Cc3ccccc3Cl)C2=O)c(C)n1-c1ccccn1. The lowest BCUT2D eigenvalue weighted by Crippen LogP contribution is -2.30. The van der Waals surface area contributed by atoms with Crippen LogP contribution in [0.4, 0.5) is 4.79 Å². The number of hydrogen-bond acceptors (Lipinski definition) is 3. The van der Waals surface area contributed by atoms with Gasteiger partial charge in [0.05, 0.1) is 6.54 Å². The van der Waals surface area contributed by atoms with Gasteiger partial charge in [0, 0.05) is 22.6 Å². The Morgan fingerprint density at radius 2 is 1.86 bits per heavy atom. The van der Waals surface area contributed by atoms with E-state index in [2.05, 4.69) is 10.3 Å². The maximum absolute atomic E-state index is 12.8. The van der Waals surface area contributed by atoms with Gasteiger partial charge < -0.3 is 9.88 Å². The molecule has 0 bridgehead atoms. The van der Waals surface area contributed by atoms with Crippen molar-refractivity contribution in [2.75, 3.05) is 0 Å². The highest BCUT2D eigenvalue weighted by Gasteiger charge is 2.34. The Morgan fingerprint density at radius 3 is 2.59 bits per heavy atom. The van der Waals surface area contributed by atoms with Gasteiger partial charge >= 0.3 is 6.03 Å². The molecule has 6 nitrogen and oxygen atoms in total. The van der Waals surface area contributed by atoms with E-state index in [-0.39, 0.29) is 18.1 Å².